The predicted octanol–water partition coefficient (Wildman–Crippen LogP) is 3.35. The molecule has 0 aliphatic heterocycles. The number of hydrogen-bond donors (Lipinski definition) is 2. The Hall–Kier alpha value is -2.73. The lowest BCUT2D eigenvalue weighted by Crippen LogP contribution is -2.28. The van der Waals surface area contributed by atoms with Crippen molar-refractivity contribution in [2.45, 2.75) is 13.5 Å². The van der Waals surface area contributed by atoms with Gasteiger partial charge in [-0.25, -0.2) is 4.79 Å². The first kappa shape index (κ1) is 18.6. The smallest absolute Gasteiger partial charge is 0.319 e. The number of urea groups is 1. The fraction of sp³-hybridized carbons (Fsp3) is 0.316. The summed E-state index contributed by atoms with van der Waals surface area (Å²) in [6.45, 7) is 3.22. The minimum Gasteiger partial charge on any atom is -0.496 e. The Balaban J connectivity index is 1.97. The number of aryl methyl sites for hydroxylation is 1. The van der Waals surface area contributed by atoms with Crippen molar-refractivity contribution in [2.75, 3.05) is 32.8 Å². The lowest BCUT2D eigenvalue weighted by molar-refractivity contribution is 0.146. The molecule has 0 unspecified atom stereocenters. The number of ether oxygens (including phenoxy) is 3. The Morgan fingerprint density at radius 1 is 1.04 bits per heavy atom. The highest BCUT2D eigenvalue weighted by molar-refractivity contribution is 5.91. The van der Waals surface area contributed by atoms with E-state index in [4.69, 9.17) is 14.2 Å². The Kier molecular flexibility index (Phi) is 7.10. The van der Waals surface area contributed by atoms with Crippen LogP contribution >= 0.6 is 0 Å². The van der Waals surface area contributed by atoms with Crippen LogP contribution in [0, 0.1) is 6.92 Å². The average molecular weight is 344 g/mol. The Labute approximate surface area is 148 Å². The van der Waals surface area contributed by atoms with Gasteiger partial charge >= 0.3 is 6.03 Å². The van der Waals surface area contributed by atoms with Crippen molar-refractivity contribution in [3.63, 3.8) is 0 Å². The Morgan fingerprint density at radius 3 is 2.60 bits per heavy atom. The van der Waals surface area contributed by atoms with Crippen LogP contribution in [-0.4, -0.2) is 33.5 Å². The van der Waals surface area contributed by atoms with Crippen LogP contribution in [-0.2, 0) is 11.3 Å². The molecule has 0 aliphatic carbocycles. The first-order valence-corrected chi connectivity index (χ1v) is 8.03. The summed E-state index contributed by atoms with van der Waals surface area (Å²) in [5, 5.41) is 5.64. The minimum atomic E-state index is -0.314. The van der Waals surface area contributed by atoms with Crippen molar-refractivity contribution in [3.8, 4) is 11.5 Å². The lowest BCUT2D eigenvalue weighted by Gasteiger charge is -2.14. The van der Waals surface area contributed by atoms with E-state index in [1.54, 1.807) is 14.2 Å². The highest BCUT2D eigenvalue weighted by atomic mass is 16.5. The zero-order valence-corrected chi connectivity index (χ0v) is 14.8. The molecule has 2 aromatic rings. The van der Waals surface area contributed by atoms with Crippen LogP contribution in [0.1, 0.15) is 11.1 Å². The number of methoxy groups -OCH3 is 2. The molecule has 2 N–H and O–H groups in total. The summed E-state index contributed by atoms with van der Waals surface area (Å²) in [4.78, 5) is 12.2. The fourth-order valence-electron chi connectivity index (χ4n) is 2.28. The topological polar surface area (TPSA) is 68.8 Å². The van der Waals surface area contributed by atoms with Crippen LogP contribution in [0.3, 0.4) is 0 Å². The number of hydrogen-bond acceptors (Lipinski definition) is 4. The number of carbonyl (C=O) groups is 1. The quantitative estimate of drug-likeness (QED) is 0.721. The van der Waals surface area contributed by atoms with Crippen molar-refractivity contribution in [3.05, 3.63) is 53.6 Å². The monoisotopic (exact) mass is 344 g/mol. The van der Waals surface area contributed by atoms with Crippen LogP contribution in [0.15, 0.2) is 42.5 Å². The molecule has 0 aromatic heterocycles. The molecule has 0 bridgehead atoms. The molecule has 0 fully saturated rings. The summed E-state index contributed by atoms with van der Waals surface area (Å²) in [6, 6.07) is 12.9. The molecule has 0 spiro atoms. The maximum Gasteiger partial charge on any atom is 0.319 e. The molecular weight excluding hydrogens is 320 g/mol. The van der Waals surface area contributed by atoms with Gasteiger partial charge < -0.3 is 24.8 Å². The van der Waals surface area contributed by atoms with Gasteiger partial charge in [0.25, 0.3) is 0 Å². The number of nitrogens with one attached hydrogen (secondary N) is 2. The van der Waals surface area contributed by atoms with Crippen LogP contribution in [0.2, 0.25) is 0 Å². The van der Waals surface area contributed by atoms with Crippen LogP contribution in [0.25, 0.3) is 0 Å². The summed E-state index contributed by atoms with van der Waals surface area (Å²) in [7, 11) is 3.22. The highest BCUT2D eigenvalue weighted by Gasteiger charge is 2.09. The van der Waals surface area contributed by atoms with E-state index < -0.39 is 0 Å². The van der Waals surface area contributed by atoms with E-state index in [2.05, 4.69) is 10.6 Å². The molecule has 2 rings (SSSR count). The lowest BCUT2D eigenvalue weighted by atomic mass is 10.2. The first-order chi connectivity index (χ1) is 12.1. The molecule has 0 heterocycles. The van der Waals surface area contributed by atoms with Gasteiger partial charge in [0.05, 0.1) is 19.4 Å². The van der Waals surface area contributed by atoms with E-state index in [-0.39, 0.29) is 6.03 Å². The molecule has 134 valence electrons. The molecule has 0 saturated heterocycles. The molecule has 25 heavy (non-hydrogen) atoms. The van der Waals surface area contributed by atoms with Crippen LogP contribution in [0.4, 0.5) is 10.5 Å². The van der Waals surface area contributed by atoms with E-state index in [0.29, 0.717) is 31.2 Å². The molecule has 0 atom stereocenters. The maximum atomic E-state index is 12.2. The van der Waals surface area contributed by atoms with Gasteiger partial charge in [0.15, 0.2) is 0 Å². The van der Waals surface area contributed by atoms with E-state index in [1.165, 1.54) is 0 Å². The molecule has 2 aromatic carbocycles. The highest BCUT2D eigenvalue weighted by Crippen LogP contribution is 2.25. The Bertz CT molecular complexity index is 704. The van der Waals surface area contributed by atoms with E-state index in [9.17, 15) is 4.79 Å². The van der Waals surface area contributed by atoms with Gasteiger partial charge in [-0.15, -0.1) is 0 Å². The second kappa shape index (κ2) is 9.54. The van der Waals surface area contributed by atoms with Crippen molar-refractivity contribution >= 4 is 11.7 Å². The average Bonchev–Trinajstić information content (AvgIpc) is 2.62. The standard InChI is InChI=1S/C19H24N2O4/c1-14-8-9-16(18(12-14)25-11-10-23-2)21-19(22)20-13-15-6-4-5-7-17(15)24-3/h4-9,12H,10-11,13H2,1-3H3,(H2,20,21,22). The van der Waals surface area contributed by atoms with Gasteiger partial charge in [-0.3, -0.25) is 0 Å². The summed E-state index contributed by atoms with van der Waals surface area (Å²) in [5.41, 5.74) is 2.56. The minimum absolute atomic E-state index is 0.314. The van der Waals surface area contributed by atoms with Crippen molar-refractivity contribution in [1.82, 2.24) is 5.32 Å². The molecule has 6 heteroatoms. The van der Waals surface area contributed by atoms with Gasteiger partial charge in [0.2, 0.25) is 0 Å². The molecule has 6 nitrogen and oxygen atoms in total. The number of para-hydroxylation sites is 1. The third-order valence-electron chi connectivity index (χ3n) is 3.56. The van der Waals surface area contributed by atoms with Crippen LogP contribution < -0.4 is 20.1 Å². The van der Waals surface area contributed by atoms with Gasteiger partial charge in [0.1, 0.15) is 18.1 Å². The Morgan fingerprint density at radius 2 is 1.84 bits per heavy atom. The largest absolute Gasteiger partial charge is 0.496 e. The van der Waals surface area contributed by atoms with Gasteiger partial charge in [0, 0.05) is 19.2 Å². The number of amides is 2. The summed E-state index contributed by atoms with van der Waals surface area (Å²) < 4.78 is 15.9. The van der Waals surface area contributed by atoms with Gasteiger partial charge in [-0.2, -0.15) is 0 Å². The predicted molar refractivity (Wildman–Crippen MR) is 97.4 cm³/mol. The summed E-state index contributed by atoms with van der Waals surface area (Å²) >= 11 is 0. The second-order valence-electron chi connectivity index (χ2n) is 5.46. The summed E-state index contributed by atoms with van der Waals surface area (Å²) in [5.74, 6) is 1.35. The number of rotatable bonds is 8. The third-order valence-corrected chi connectivity index (χ3v) is 3.56. The number of benzene rings is 2. The van der Waals surface area contributed by atoms with Crippen molar-refractivity contribution in [2.24, 2.45) is 0 Å². The van der Waals surface area contributed by atoms with Gasteiger partial charge in [-0.1, -0.05) is 24.3 Å². The summed E-state index contributed by atoms with van der Waals surface area (Å²) in [6.07, 6.45) is 0. The SMILES string of the molecule is COCCOc1cc(C)ccc1NC(=O)NCc1ccccc1OC. The second-order valence-corrected chi connectivity index (χ2v) is 5.46. The third kappa shape index (κ3) is 5.69. The fourth-order valence-corrected chi connectivity index (χ4v) is 2.28. The van der Waals surface area contributed by atoms with Gasteiger partial charge in [-0.05, 0) is 30.7 Å². The van der Waals surface area contributed by atoms with E-state index in [1.807, 2.05) is 49.4 Å². The zero-order valence-electron chi connectivity index (χ0n) is 14.8. The van der Waals surface area contributed by atoms with E-state index in [0.717, 1.165) is 16.9 Å². The molecule has 2 amide bonds. The van der Waals surface area contributed by atoms with Crippen LogP contribution in [0.5, 0.6) is 11.5 Å². The number of carbonyl (C=O) groups excluding carboxylic acids is 1. The first-order valence-electron chi connectivity index (χ1n) is 8.03. The van der Waals surface area contributed by atoms with Crippen molar-refractivity contribution < 1.29 is 19.0 Å². The molecule has 0 aliphatic rings. The molecule has 0 radical (unpaired) electrons. The molecule has 0 saturated carbocycles. The maximum absolute atomic E-state index is 12.2. The molecular formula is C19H24N2O4. The zero-order chi connectivity index (χ0) is 18.1. The number of anilines is 1. The van der Waals surface area contributed by atoms with Crippen molar-refractivity contribution in [1.29, 1.82) is 0 Å². The normalized spacial score (nSPS) is 10.2. The van der Waals surface area contributed by atoms with E-state index >= 15 is 0 Å².